The number of aliphatic hydroxyl groups is 1. The van der Waals surface area contributed by atoms with Crippen LogP contribution in [0.15, 0.2) is 18.7 Å². The first kappa shape index (κ1) is 8.19. The molecule has 5 nitrogen and oxygen atoms in total. The van der Waals surface area contributed by atoms with Crippen LogP contribution in [-0.2, 0) is 11.4 Å². The molecule has 0 amide bonds. The second-order valence-electron chi connectivity index (χ2n) is 2.25. The van der Waals surface area contributed by atoms with E-state index in [-0.39, 0.29) is 6.61 Å². The largest absolute Gasteiger partial charge is 0.389 e. The van der Waals surface area contributed by atoms with Crippen molar-refractivity contribution in [3.63, 3.8) is 0 Å². The third kappa shape index (κ3) is 2.67. The molecule has 0 aliphatic rings. The van der Waals surface area contributed by atoms with Crippen molar-refractivity contribution in [2.45, 2.75) is 12.6 Å². The molecule has 3 N–H and O–H groups in total. The molecule has 62 valence electrons. The molecule has 0 aliphatic heterocycles. The Kier molecular flexibility index (Phi) is 3.03. The molecule has 1 rings (SSSR count). The maximum absolute atomic E-state index is 9.17. The molecule has 0 saturated carbocycles. The molecule has 11 heavy (non-hydrogen) atoms. The molecule has 1 atom stereocenters. The average molecular weight is 157 g/mol. The summed E-state index contributed by atoms with van der Waals surface area (Å²) in [6.07, 6.45) is 4.46. The molecule has 5 heteroatoms. The van der Waals surface area contributed by atoms with E-state index in [9.17, 15) is 0 Å². The van der Waals surface area contributed by atoms with Crippen molar-refractivity contribution in [2.24, 2.45) is 5.90 Å². The van der Waals surface area contributed by atoms with Crippen LogP contribution in [0.25, 0.3) is 0 Å². The molecule has 1 heterocycles. The number of nitrogens with zero attached hydrogens (tertiary/aromatic N) is 2. The first-order valence-electron chi connectivity index (χ1n) is 3.28. The van der Waals surface area contributed by atoms with Crippen molar-refractivity contribution in [3.05, 3.63) is 18.7 Å². The van der Waals surface area contributed by atoms with Crippen LogP contribution in [0.1, 0.15) is 0 Å². The number of aliphatic hydroxyl groups excluding tert-OH is 1. The van der Waals surface area contributed by atoms with Gasteiger partial charge in [0.25, 0.3) is 0 Å². The molecular formula is C6H11N3O2. The third-order valence-electron chi connectivity index (χ3n) is 1.27. The molecule has 1 aromatic heterocycles. The summed E-state index contributed by atoms with van der Waals surface area (Å²) in [6, 6.07) is 0. The van der Waals surface area contributed by atoms with Crippen molar-refractivity contribution in [3.8, 4) is 0 Å². The summed E-state index contributed by atoms with van der Waals surface area (Å²) in [5, 5.41) is 9.17. The van der Waals surface area contributed by atoms with Crippen molar-refractivity contribution >= 4 is 0 Å². The van der Waals surface area contributed by atoms with Crippen LogP contribution < -0.4 is 5.90 Å². The molecule has 0 bridgehead atoms. The Balaban J connectivity index is 2.31. The van der Waals surface area contributed by atoms with Crippen LogP contribution in [0.3, 0.4) is 0 Å². The van der Waals surface area contributed by atoms with Gasteiger partial charge in [0.05, 0.1) is 25.6 Å². The number of hydrogen-bond donors (Lipinski definition) is 2. The molecule has 0 radical (unpaired) electrons. The van der Waals surface area contributed by atoms with E-state index >= 15 is 0 Å². The van der Waals surface area contributed by atoms with Crippen LogP contribution in [0.5, 0.6) is 0 Å². The first-order chi connectivity index (χ1) is 5.33. The van der Waals surface area contributed by atoms with Gasteiger partial charge in [-0.25, -0.2) is 10.9 Å². The minimum Gasteiger partial charge on any atom is -0.389 e. The van der Waals surface area contributed by atoms with Crippen molar-refractivity contribution < 1.29 is 9.94 Å². The topological polar surface area (TPSA) is 73.3 Å². The van der Waals surface area contributed by atoms with Gasteiger partial charge in [0, 0.05) is 12.4 Å². The minimum absolute atomic E-state index is 0.137. The van der Waals surface area contributed by atoms with Gasteiger partial charge in [0.1, 0.15) is 0 Å². The van der Waals surface area contributed by atoms with Crippen LogP contribution in [0.4, 0.5) is 0 Å². The van der Waals surface area contributed by atoms with E-state index in [1.807, 2.05) is 0 Å². The summed E-state index contributed by atoms with van der Waals surface area (Å²) in [5.74, 6) is 4.77. The molecule has 0 saturated heterocycles. The Labute approximate surface area is 64.4 Å². The molecule has 1 unspecified atom stereocenters. The lowest BCUT2D eigenvalue weighted by atomic mass is 10.4. The Morgan fingerprint density at radius 2 is 2.55 bits per heavy atom. The SMILES string of the molecule is NOCC(O)Cn1ccnc1. The van der Waals surface area contributed by atoms with Gasteiger partial charge < -0.3 is 14.5 Å². The standard InChI is InChI=1S/C6H11N3O2/c7-11-4-6(10)3-9-2-1-8-5-9/h1-2,5-6,10H,3-4,7H2. The van der Waals surface area contributed by atoms with Gasteiger partial charge in [0.2, 0.25) is 0 Å². The summed E-state index contributed by atoms with van der Waals surface area (Å²) >= 11 is 0. The molecule has 0 fully saturated rings. The van der Waals surface area contributed by atoms with Crippen molar-refractivity contribution in [1.29, 1.82) is 0 Å². The fourth-order valence-corrected chi connectivity index (χ4v) is 0.802. The van der Waals surface area contributed by atoms with Crippen LogP contribution in [-0.4, -0.2) is 27.4 Å². The maximum atomic E-state index is 9.17. The highest BCUT2D eigenvalue weighted by Gasteiger charge is 2.02. The quantitative estimate of drug-likeness (QED) is 0.557. The van der Waals surface area contributed by atoms with E-state index < -0.39 is 6.10 Å². The molecular weight excluding hydrogens is 146 g/mol. The summed E-state index contributed by atoms with van der Waals surface area (Å²) in [4.78, 5) is 8.08. The van der Waals surface area contributed by atoms with Gasteiger partial charge >= 0.3 is 0 Å². The van der Waals surface area contributed by atoms with Gasteiger partial charge in [-0.2, -0.15) is 0 Å². The van der Waals surface area contributed by atoms with Crippen molar-refractivity contribution in [1.82, 2.24) is 9.55 Å². The van der Waals surface area contributed by atoms with E-state index in [4.69, 9.17) is 11.0 Å². The highest BCUT2D eigenvalue weighted by atomic mass is 16.6. The average Bonchev–Trinajstić information content (AvgIpc) is 2.40. The summed E-state index contributed by atoms with van der Waals surface area (Å²) in [5.41, 5.74) is 0. The van der Waals surface area contributed by atoms with Gasteiger partial charge in [-0.1, -0.05) is 0 Å². The Morgan fingerprint density at radius 3 is 3.09 bits per heavy atom. The van der Waals surface area contributed by atoms with E-state index in [2.05, 4.69) is 9.82 Å². The highest BCUT2D eigenvalue weighted by molar-refractivity contribution is 4.75. The predicted molar refractivity (Wildman–Crippen MR) is 38.4 cm³/mol. The van der Waals surface area contributed by atoms with Crippen molar-refractivity contribution in [2.75, 3.05) is 6.61 Å². The second kappa shape index (κ2) is 4.07. The lowest BCUT2D eigenvalue weighted by Crippen LogP contribution is -2.22. The fraction of sp³-hybridized carbons (Fsp3) is 0.500. The lowest BCUT2D eigenvalue weighted by molar-refractivity contribution is 0.0278. The predicted octanol–water partition coefficient (Wildman–Crippen LogP) is -0.866. The zero-order valence-corrected chi connectivity index (χ0v) is 6.05. The monoisotopic (exact) mass is 157 g/mol. The number of nitrogens with two attached hydrogens (primary N) is 1. The molecule has 0 aromatic carbocycles. The van der Waals surface area contributed by atoms with Gasteiger partial charge in [-0.05, 0) is 0 Å². The highest BCUT2D eigenvalue weighted by Crippen LogP contribution is 1.91. The van der Waals surface area contributed by atoms with E-state index in [0.717, 1.165) is 0 Å². The number of hydrogen-bond acceptors (Lipinski definition) is 4. The molecule has 0 spiro atoms. The summed E-state index contributed by atoms with van der Waals surface area (Å²) in [6.45, 7) is 0.593. The first-order valence-corrected chi connectivity index (χ1v) is 3.28. The van der Waals surface area contributed by atoms with E-state index in [1.165, 1.54) is 0 Å². The summed E-state index contributed by atoms with van der Waals surface area (Å²) in [7, 11) is 0. The maximum Gasteiger partial charge on any atom is 0.0972 e. The minimum atomic E-state index is -0.575. The lowest BCUT2D eigenvalue weighted by Gasteiger charge is -2.08. The zero-order valence-electron chi connectivity index (χ0n) is 6.05. The molecule has 1 aromatic rings. The third-order valence-corrected chi connectivity index (χ3v) is 1.27. The van der Waals surface area contributed by atoms with Gasteiger partial charge in [0.15, 0.2) is 0 Å². The Bertz CT molecular complexity index is 188. The normalized spacial score (nSPS) is 13.3. The van der Waals surface area contributed by atoms with Crippen LogP contribution >= 0.6 is 0 Å². The van der Waals surface area contributed by atoms with Gasteiger partial charge in [-0.3, -0.25) is 0 Å². The second-order valence-corrected chi connectivity index (χ2v) is 2.25. The zero-order chi connectivity index (χ0) is 8.10. The smallest absolute Gasteiger partial charge is 0.0972 e. The number of imidazole rings is 1. The number of rotatable bonds is 4. The molecule has 0 aliphatic carbocycles. The van der Waals surface area contributed by atoms with Gasteiger partial charge in [-0.15, -0.1) is 0 Å². The summed E-state index contributed by atoms with van der Waals surface area (Å²) < 4.78 is 1.75. The Hall–Kier alpha value is -0.910. The number of aromatic nitrogens is 2. The van der Waals surface area contributed by atoms with E-state index in [1.54, 1.807) is 23.3 Å². The van der Waals surface area contributed by atoms with Crippen LogP contribution in [0.2, 0.25) is 0 Å². The Morgan fingerprint density at radius 1 is 1.73 bits per heavy atom. The van der Waals surface area contributed by atoms with E-state index in [0.29, 0.717) is 6.54 Å². The fourth-order valence-electron chi connectivity index (χ4n) is 0.802. The van der Waals surface area contributed by atoms with Crippen LogP contribution in [0, 0.1) is 0 Å².